The molecule has 1 amide bonds. The standard InChI is InChI=1S/C14H26N2O/c1-2-11-16-14(17)10-12-15-13-8-6-4-3-5-7-9-13/h6,8,13,15H,2-5,7,9-12H2,1H3,(H,16,17)/b8-6+. The minimum Gasteiger partial charge on any atom is -0.356 e. The predicted octanol–water partition coefficient (Wildman–Crippen LogP) is 2.38. The van der Waals surface area contributed by atoms with Crippen LogP contribution in [0.2, 0.25) is 0 Å². The number of carbonyl (C=O) groups excluding carboxylic acids is 1. The number of rotatable bonds is 6. The first-order valence-electron chi connectivity index (χ1n) is 6.99. The number of hydrogen-bond donors (Lipinski definition) is 2. The van der Waals surface area contributed by atoms with Crippen molar-refractivity contribution in [3.05, 3.63) is 12.2 Å². The zero-order valence-corrected chi connectivity index (χ0v) is 11.0. The van der Waals surface area contributed by atoms with Gasteiger partial charge in [-0.3, -0.25) is 4.79 Å². The Balaban J connectivity index is 2.11. The Bertz CT molecular complexity index is 238. The average molecular weight is 238 g/mol. The smallest absolute Gasteiger partial charge is 0.221 e. The fraction of sp³-hybridized carbons (Fsp3) is 0.786. The molecule has 3 heteroatoms. The number of amides is 1. The van der Waals surface area contributed by atoms with Crippen LogP contribution in [0.15, 0.2) is 12.2 Å². The van der Waals surface area contributed by atoms with Crippen LogP contribution >= 0.6 is 0 Å². The summed E-state index contributed by atoms with van der Waals surface area (Å²) in [5.74, 6) is 0.161. The van der Waals surface area contributed by atoms with Crippen LogP contribution < -0.4 is 10.6 Å². The van der Waals surface area contributed by atoms with Gasteiger partial charge in [0.05, 0.1) is 0 Å². The first kappa shape index (κ1) is 14.2. The number of carbonyl (C=O) groups is 1. The van der Waals surface area contributed by atoms with Crippen LogP contribution in [-0.4, -0.2) is 25.0 Å². The molecule has 0 aromatic heterocycles. The molecule has 0 radical (unpaired) electrons. The molecule has 1 atom stereocenters. The van der Waals surface area contributed by atoms with E-state index >= 15 is 0 Å². The third kappa shape index (κ3) is 7.16. The SMILES string of the molecule is CCCNC(=O)CCNC1/C=C/CCCCC1. The molecule has 0 aromatic carbocycles. The maximum absolute atomic E-state index is 11.4. The van der Waals surface area contributed by atoms with Crippen molar-refractivity contribution in [3.8, 4) is 0 Å². The summed E-state index contributed by atoms with van der Waals surface area (Å²) in [6, 6.07) is 0.467. The van der Waals surface area contributed by atoms with Crippen LogP contribution in [-0.2, 0) is 4.79 Å². The summed E-state index contributed by atoms with van der Waals surface area (Å²) in [6.07, 6.45) is 12.5. The van der Waals surface area contributed by atoms with Gasteiger partial charge >= 0.3 is 0 Å². The van der Waals surface area contributed by atoms with E-state index in [9.17, 15) is 4.79 Å². The lowest BCUT2D eigenvalue weighted by atomic mass is 10.0. The van der Waals surface area contributed by atoms with Crippen LogP contribution in [0.25, 0.3) is 0 Å². The molecular formula is C14H26N2O. The van der Waals surface area contributed by atoms with Crippen molar-refractivity contribution < 1.29 is 4.79 Å². The minimum absolute atomic E-state index is 0.161. The largest absolute Gasteiger partial charge is 0.356 e. The summed E-state index contributed by atoms with van der Waals surface area (Å²) < 4.78 is 0. The quantitative estimate of drug-likeness (QED) is 0.698. The molecule has 0 saturated carbocycles. The maximum Gasteiger partial charge on any atom is 0.221 e. The third-order valence-corrected chi connectivity index (χ3v) is 3.09. The van der Waals surface area contributed by atoms with Crippen LogP contribution in [0.3, 0.4) is 0 Å². The Morgan fingerprint density at radius 2 is 2.18 bits per heavy atom. The van der Waals surface area contributed by atoms with Gasteiger partial charge in [-0.2, -0.15) is 0 Å². The van der Waals surface area contributed by atoms with Crippen molar-refractivity contribution in [2.75, 3.05) is 13.1 Å². The molecule has 0 heterocycles. The molecule has 0 saturated heterocycles. The van der Waals surface area contributed by atoms with Crippen molar-refractivity contribution in [1.82, 2.24) is 10.6 Å². The van der Waals surface area contributed by atoms with E-state index < -0.39 is 0 Å². The second kappa shape index (κ2) is 9.23. The zero-order valence-electron chi connectivity index (χ0n) is 11.0. The Morgan fingerprint density at radius 3 is 3.00 bits per heavy atom. The summed E-state index contributed by atoms with van der Waals surface area (Å²) in [4.78, 5) is 11.4. The van der Waals surface area contributed by atoms with Gasteiger partial charge in [-0.15, -0.1) is 0 Å². The summed E-state index contributed by atoms with van der Waals surface area (Å²) >= 11 is 0. The van der Waals surface area contributed by atoms with E-state index in [0.29, 0.717) is 12.5 Å². The number of allylic oxidation sites excluding steroid dienone is 1. The van der Waals surface area contributed by atoms with Crippen molar-refractivity contribution in [2.45, 2.75) is 57.9 Å². The van der Waals surface area contributed by atoms with Gasteiger partial charge in [0.2, 0.25) is 5.91 Å². The summed E-state index contributed by atoms with van der Waals surface area (Å²) in [5.41, 5.74) is 0. The van der Waals surface area contributed by atoms with E-state index in [1.165, 1.54) is 32.1 Å². The van der Waals surface area contributed by atoms with Gasteiger partial charge in [0.15, 0.2) is 0 Å². The first-order valence-corrected chi connectivity index (χ1v) is 6.99. The van der Waals surface area contributed by atoms with Crippen molar-refractivity contribution >= 4 is 5.91 Å². The molecular weight excluding hydrogens is 212 g/mol. The fourth-order valence-corrected chi connectivity index (χ4v) is 2.05. The molecule has 0 bridgehead atoms. The van der Waals surface area contributed by atoms with E-state index in [1.807, 2.05) is 0 Å². The average Bonchev–Trinajstić information content (AvgIpc) is 2.29. The van der Waals surface area contributed by atoms with Crippen LogP contribution in [0.5, 0.6) is 0 Å². The van der Waals surface area contributed by atoms with Gasteiger partial charge in [-0.25, -0.2) is 0 Å². The van der Waals surface area contributed by atoms with E-state index in [0.717, 1.165) is 19.5 Å². The summed E-state index contributed by atoms with van der Waals surface area (Å²) in [6.45, 7) is 3.64. The summed E-state index contributed by atoms with van der Waals surface area (Å²) in [5, 5.41) is 6.34. The second-order valence-corrected chi connectivity index (χ2v) is 4.73. The van der Waals surface area contributed by atoms with Crippen molar-refractivity contribution in [3.63, 3.8) is 0 Å². The lowest BCUT2D eigenvalue weighted by molar-refractivity contribution is -0.121. The predicted molar refractivity (Wildman–Crippen MR) is 71.9 cm³/mol. The molecule has 1 rings (SSSR count). The molecule has 98 valence electrons. The van der Waals surface area contributed by atoms with Gasteiger partial charge in [-0.1, -0.05) is 31.9 Å². The van der Waals surface area contributed by atoms with Gasteiger partial charge in [0.1, 0.15) is 0 Å². The van der Waals surface area contributed by atoms with E-state index in [4.69, 9.17) is 0 Å². The molecule has 0 aromatic rings. The molecule has 0 spiro atoms. The Kier molecular flexibility index (Phi) is 7.72. The maximum atomic E-state index is 11.4. The summed E-state index contributed by atoms with van der Waals surface area (Å²) in [7, 11) is 0. The molecule has 1 aliphatic carbocycles. The zero-order chi connectivity index (χ0) is 12.3. The van der Waals surface area contributed by atoms with Crippen LogP contribution in [0, 0.1) is 0 Å². The van der Waals surface area contributed by atoms with Crippen LogP contribution in [0.4, 0.5) is 0 Å². The highest BCUT2D eigenvalue weighted by Gasteiger charge is 2.07. The van der Waals surface area contributed by atoms with Crippen LogP contribution in [0.1, 0.15) is 51.9 Å². The van der Waals surface area contributed by atoms with E-state index in [-0.39, 0.29) is 5.91 Å². The van der Waals surface area contributed by atoms with Gasteiger partial charge < -0.3 is 10.6 Å². The Labute approximate surface area is 105 Å². The highest BCUT2D eigenvalue weighted by Crippen LogP contribution is 2.11. The van der Waals surface area contributed by atoms with Crippen molar-refractivity contribution in [2.24, 2.45) is 0 Å². The first-order chi connectivity index (χ1) is 8.33. The molecule has 3 nitrogen and oxygen atoms in total. The molecule has 2 N–H and O–H groups in total. The normalized spacial score (nSPS) is 22.5. The lowest BCUT2D eigenvalue weighted by Gasteiger charge is -2.16. The molecule has 17 heavy (non-hydrogen) atoms. The number of nitrogens with one attached hydrogen (secondary N) is 2. The van der Waals surface area contributed by atoms with Gasteiger partial charge in [0.25, 0.3) is 0 Å². The molecule has 1 unspecified atom stereocenters. The van der Waals surface area contributed by atoms with E-state index in [1.54, 1.807) is 0 Å². The Hall–Kier alpha value is -0.830. The fourth-order valence-electron chi connectivity index (χ4n) is 2.05. The molecule has 1 aliphatic rings. The lowest BCUT2D eigenvalue weighted by Crippen LogP contribution is -2.33. The highest BCUT2D eigenvalue weighted by atomic mass is 16.1. The second-order valence-electron chi connectivity index (χ2n) is 4.73. The Morgan fingerprint density at radius 1 is 1.29 bits per heavy atom. The molecule has 0 aliphatic heterocycles. The monoisotopic (exact) mass is 238 g/mol. The van der Waals surface area contributed by atoms with E-state index in [2.05, 4.69) is 29.7 Å². The third-order valence-electron chi connectivity index (χ3n) is 3.09. The minimum atomic E-state index is 0.161. The van der Waals surface area contributed by atoms with Gasteiger partial charge in [0, 0.05) is 25.6 Å². The number of hydrogen-bond acceptors (Lipinski definition) is 2. The highest BCUT2D eigenvalue weighted by molar-refractivity contribution is 5.75. The van der Waals surface area contributed by atoms with Crippen molar-refractivity contribution in [1.29, 1.82) is 0 Å². The topological polar surface area (TPSA) is 41.1 Å². The molecule has 0 fully saturated rings. The van der Waals surface area contributed by atoms with Gasteiger partial charge in [-0.05, 0) is 25.7 Å².